The molecule has 0 amide bonds. The van der Waals surface area contributed by atoms with E-state index in [0.29, 0.717) is 17.0 Å². The number of aromatic nitrogens is 4. The van der Waals surface area contributed by atoms with Crippen LogP contribution in [0.4, 0.5) is 10.3 Å². The number of fused-ring (bicyclic) bond motifs is 1. The smallest absolute Gasteiger partial charge is 0.235 e. The highest BCUT2D eigenvalue weighted by Gasteiger charge is 2.12. The molecule has 3 aromatic rings. The van der Waals surface area contributed by atoms with Crippen LogP contribution >= 0.6 is 0 Å². The lowest BCUT2D eigenvalue weighted by Gasteiger charge is -2.07. The number of hydrogen-bond donors (Lipinski definition) is 2. The van der Waals surface area contributed by atoms with E-state index in [0.717, 1.165) is 6.07 Å². The van der Waals surface area contributed by atoms with Gasteiger partial charge in [0.2, 0.25) is 11.8 Å². The number of H-pyrrole nitrogens is 1. The van der Waals surface area contributed by atoms with Crippen LogP contribution < -0.4 is 10.1 Å². The maximum absolute atomic E-state index is 13.6. The van der Waals surface area contributed by atoms with Gasteiger partial charge in [0.25, 0.3) is 0 Å². The molecule has 0 bridgehead atoms. The lowest BCUT2D eigenvalue weighted by molar-refractivity contribution is 0.463. The molecule has 0 saturated carbocycles. The second kappa shape index (κ2) is 5.05. The number of aromatic amines is 1. The summed E-state index contributed by atoms with van der Waals surface area (Å²) in [7, 11) is 1.67. The van der Waals surface area contributed by atoms with E-state index >= 15 is 0 Å². The molecular weight excluding hydrogens is 275 g/mol. The van der Waals surface area contributed by atoms with Crippen LogP contribution in [-0.2, 0) is 0 Å². The highest BCUT2D eigenvalue weighted by Crippen LogP contribution is 2.28. The molecule has 0 spiro atoms. The fourth-order valence-electron chi connectivity index (χ4n) is 1.76. The average molecular weight is 284 g/mol. The molecule has 8 heteroatoms. The summed E-state index contributed by atoms with van der Waals surface area (Å²) in [6.07, 6.45) is 1.52. The molecule has 0 aliphatic carbocycles. The molecule has 104 valence electrons. The topological polar surface area (TPSA) is 99.5 Å². The van der Waals surface area contributed by atoms with Crippen LogP contribution in [0, 0.1) is 17.1 Å². The number of halogens is 1. The zero-order valence-corrected chi connectivity index (χ0v) is 10.9. The largest absolute Gasteiger partial charge is 0.438 e. The SMILES string of the molecule is CNc1nc(Oc2ccc(C#N)c(F)c2)c2cn[nH]c2n1. The maximum Gasteiger partial charge on any atom is 0.235 e. The molecule has 1 aromatic carbocycles. The third-order valence-electron chi connectivity index (χ3n) is 2.77. The molecule has 2 N–H and O–H groups in total. The van der Waals surface area contributed by atoms with Gasteiger partial charge < -0.3 is 10.1 Å². The van der Waals surface area contributed by atoms with E-state index in [2.05, 4.69) is 25.5 Å². The Morgan fingerprint density at radius 2 is 2.24 bits per heavy atom. The van der Waals surface area contributed by atoms with Gasteiger partial charge in [-0.1, -0.05) is 0 Å². The molecule has 0 atom stereocenters. The molecule has 0 fully saturated rings. The predicted octanol–water partition coefficient (Wildman–Crippen LogP) is 2.20. The van der Waals surface area contributed by atoms with Gasteiger partial charge in [-0.2, -0.15) is 20.3 Å². The van der Waals surface area contributed by atoms with Crippen LogP contribution in [0.15, 0.2) is 24.4 Å². The Bertz CT molecular complexity index is 853. The molecule has 0 aliphatic heterocycles. The van der Waals surface area contributed by atoms with Gasteiger partial charge in [-0.15, -0.1) is 0 Å². The van der Waals surface area contributed by atoms with Crippen molar-refractivity contribution in [2.45, 2.75) is 0 Å². The van der Waals surface area contributed by atoms with Crippen molar-refractivity contribution in [3.8, 4) is 17.7 Å². The van der Waals surface area contributed by atoms with Crippen molar-refractivity contribution in [2.24, 2.45) is 0 Å². The number of rotatable bonds is 3. The van der Waals surface area contributed by atoms with Crippen LogP contribution in [0.1, 0.15) is 5.56 Å². The number of nitriles is 1. The van der Waals surface area contributed by atoms with Gasteiger partial charge in [0, 0.05) is 13.1 Å². The van der Waals surface area contributed by atoms with E-state index < -0.39 is 5.82 Å². The fraction of sp³-hybridized carbons (Fsp3) is 0.0769. The van der Waals surface area contributed by atoms with Gasteiger partial charge in [0.1, 0.15) is 23.0 Å². The minimum atomic E-state index is -0.652. The molecule has 0 saturated heterocycles. The van der Waals surface area contributed by atoms with E-state index in [1.54, 1.807) is 13.1 Å². The normalized spacial score (nSPS) is 10.3. The summed E-state index contributed by atoms with van der Waals surface area (Å²) in [5.41, 5.74) is 0.452. The lowest BCUT2D eigenvalue weighted by atomic mass is 10.2. The first-order valence-electron chi connectivity index (χ1n) is 5.97. The van der Waals surface area contributed by atoms with E-state index in [1.165, 1.54) is 18.3 Å². The Morgan fingerprint density at radius 1 is 1.38 bits per heavy atom. The zero-order chi connectivity index (χ0) is 14.8. The molecule has 2 heterocycles. The van der Waals surface area contributed by atoms with Crippen LogP contribution in [0.2, 0.25) is 0 Å². The highest BCUT2D eigenvalue weighted by molar-refractivity contribution is 5.80. The molecule has 0 aliphatic rings. The summed E-state index contributed by atoms with van der Waals surface area (Å²) in [4.78, 5) is 8.33. The van der Waals surface area contributed by atoms with E-state index in [1.807, 2.05) is 0 Å². The van der Waals surface area contributed by atoms with Crippen molar-refractivity contribution in [3.05, 3.63) is 35.8 Å². The quantitative estimate of drug-likeness (QED) is 0.764. The van der Waals surface area contributed by atoms with Gasteiger partial charge in [0.05, 0.1) is 11.8 Å². The molecule has 7 nitrogen and oxygen atoms in total. The molecule has 21 heavy (non-hydrogen) atoms. The Labute approximate surface area is 118 Å². The van der Waals surface area contributed by atoms with E-state index in [-0.39, 0.29) is 17.2 Å². The van der Waals surface area contributed by atoms with Gasteiger partial charge in [-0.3, -0.25) is 5.10 Å². The van der Waals surface area contributed by atoms with Gasteiger partial charge in [-0.05, 0) is 12.1 Å². The van der Waals surface area contributed by atoms with Crippen molar-refractivity contribution >= 4 is 17.0 Å². The number of hydrogen-bond acceptors (Lipinski definition) is 6. The molecule has 0 unspecified atom stereocenters. The number of anilines is 1. The van der Waals surface area contributed by atoms with E-state index in [4.69, 9.17) is 10.00 Å². The first-order valence-corrected chi connectivity index (χ1v) is 5.97. The third-order valence-corrected chi connectivity index (χ3v) is 2.77. The van der Waals surface area contributed by atoms with Crippen LogP contribution in [0.3, 0.4) is 0 Å². The number of benzene rings is 1. The van der Waals surface area contributed by atoms with E-state index in [9.17, 15) is 4.39 Å². The minimum absolute atomic E-state index is 0.0468. The number of ether oxygens (including phenoxy) is 1. The Hall–Kier alpha value is -3.21. The molecule has 2 aromatic heterocycles. The highest BCUT2D eigenvalue weighted by atomic mass is 19.1. The second-order valence-electron chi connectivity index (χ2n) is 4.09. The summed E-state index contributed by atoms with van der Waals surface area (Å²) in [6.45, 7) is 0. The Kier molecular flexibility index (Phi) is 3.08. The van der Waals surface area contributed by atoms with Gasteiger partial charge >= 0.3 is 0 Å². The maximum atomic E-state index is 13.6. The zero-order valence-electron chi connectivity index (χ0n) is 10.9. The van der Waals surface area contributed by atoms with Crippen LogP contribution in [0.5, 0.6) is 11.6 Å². The van der Waals surface area contributed by atoms with Gasteiger partial charge in [-0.25, -0.2) is 4.39 Å². The summed E-state index contributed by atoms with van der Waals surface area (Å²) in [5, 5.41) is 18.7. The van der Waals surface area contributed by atoms with Crippen molar-refractivity contribution < 1.29 is 9.13 Å². The van der Waals surface area contributed by atoms with Crippen LogP contribution in [-0.4, -0.2) is 27.2 Å². The van der Waals surface area contributed by atoms with Crippen LogP contribution in [0.25, 0.3) is 11.0 Å². The molecule has 0 radical (unpaired) electrons. The molecular formula is C13H9FN6O. The number of nitrogens with one attached hydrogen (secondary N) is 2. The lowest BCUT2D eigenvalue weighted by Crippen LogP contribution is -1.99. The predicted molar refractivity (Wildman–Crippen MR) is 72.4 cm³/mol. The molecule has 3 rings (SSSR count). The summed E-state index contributed by atoms with van der Waals surface area (Å²) in [6, 6.07) is 5.72. The summed E-state index contributed by atoms with van der Waals surface area (Å²) >= 11 is 0. The van der Waals surface area contributed by atoms with Crippen molar-refractivity contribution in [3.63, 3.8) is 0 Å². The minimum Gasteiger partial charge on any atom is -0.438 e. The fourth-order valence-corrected chi connectivity index (χ4v) is 1.76. The Morgan fingerprint density at radius 3 is 2.95 bits per heavy atom. The monoisotopic (exact) mass is 284 g/mol. The summed E-state index contributed by atoms with van der Waals surface area (Å²) < 4.78 is 19.2. The van der Waals surface area contributed by atoms with Crippen molar-refractivity contribution in [1.29, 1.82) is 5.26 Å². The second-order valence-corrected chi connectivity index (χ2v) is 4.09. The summed E-state index contributed by atoms with van der Waals surface area (Å²) in [5.74, 6) is 0.161. The van der Waals surface area contributed by atoms with Crippen molar-refractivity contribution in [2.75, 3.05) is 12.4 Å². The average Bonchev–Trinajstić information content (AvgIpc) is 2.96. The van der Waals surface area contributed by atoms with Gasteiger partial charge in [0.15, 0.2) is 5.65 Å². The standard InChI is InChI=1S/C13H9FN6O/c1-16-13-18-11-9(6-17-20-11)12(19-13)21-8-3-2-7(5-15)10(14)4-8/h2-4,6H,1H3,(H2,16,17,18,19,20). The number of nitrogens with zero attached hydrogens (tertiary/aromatic N) is 4. The first kappa shape index (κ1) is 12.8. The third kappa shape index (κ3) is 2.32. The van der Waals surface area contributed by atoms with Crippen molar-refractivity contribution in [1.82, 2.24) is 20.2 Å². The Balaban J connectivity index is 2.03. The first-order chi connectivity index (χ1) is 10.2.